The molecular formula is C14H29NO3. The van der Waals surface area contributed by atoms with Crippen LogP contribution in [0, 0.1) is 0 Å². The first-order valence-corrected chi connectivity index (χ1v) is 6.99. The van der Waals surface area contributed by atoms with Gasteiger partial charge in [-0.15, -0.1) is 0 Å². The lowest BCUT2D eigenvalue weighted by atomic mass is 9.97. The van der Waals surface area contributed by atoms with Crippen molar-refractivity contribution in [1.82, 2.24) is 5.32 Å². The standard InChI is InChI=1S/C14H29NO3/c1-6-8-10-17-11-9-14(5,15-12(3)4)13(16)18-7-2/h12,15H,6-11H2,1-5H3. The summed E-state index contributed by atoms with van der Waals surface area (Å²) in [6, 6.07) is 0.232. The van der Waals surface area contributed by atoms with E-state index in [9.17, 15) is 4.79 Å². The molecule has 0 aliphatic carbocycles. The largest absolute Gasteiger partial charge is 0.465 e. The Balaban J connectivity index is 4.25. The summed E-state index contributed by atoms with van der Waals surface area (Å²) < 4.78 is 10.7. The van der Waals surface area contributed by atoms with E-state index in [4.69, 9.17) is 9.47 Å². The summed E-state index contributed by atoms with van der Waals surface area (Å²) in [7, 11) is 0. The zero-order valence-corrected chi connectivity index (χ0v) is 12.5. The molecule has 0 aromatic carbocycles. The fraction of sp³-hybridized carbons (Fsp3) is 0.929. The number of hydrogen-bond acceptors (Lipinski definition) is 4. The molecule has 108 valence electrons. The van der Waals surface area contributed by atoms with E-state index in [1.165, 1.54) is 0 Å². The number of esters is 1. The van der Waals surface area contributed by atoms with Gasteiger partial charge in [0.25, 0.3) is 0 Å². The van der Waals surface area contributed by atoms with Crippen LogP contribution in [0.3, 0.4) is 0 Å². The minimum atomic E-state index is -0.656. The van der Waals surface area contributed by atoms with Gasteiger partial charge < -0.3 is 9.47 Å². The highest BCUT2D eigenvalue weighted by atomic mass is 16.5. The first-order valence-electron chi connectivity index (χ1n) is 6.99. The summed E-state index contributed by atoms with van der Waals surface area (Å²) in [6.45, 7) is 11.6. The molecule has 0 rings (SSSR count). The molecule has 0 heterocycles. The van der Waals surface area contributed by atoms with E-state index in [0.717, 1.165) is 19.4 Å². The molecule has 0 aliphatic rings. The first kappa shape index (κ1) is 17.4. The molecule has 4 nitrogen and oxygen atoms in total. The van der Waals surface area contributed by atoms with Crippen molar-refractivity contribution in [2.45, 2.75) is 65.5 Å². The molecule has 0 bridgehead atoms. The Kier molecular flexibility index (Phi) is 9.02. The van der Waals surface area contributed by atoms with E-state index in [2.05, 4.69) is 12.2 Å². The van der Waals surface area contributed by atoms with E-state index in [1.807, 2.05) is 27.7 Å². The second-order valence-electron chi connectivity index (χ2n) is 5.07. The molecule has 0 aromatic heterocycles. The number of hydrogen-bond donors (Lipinski definition) is 1. The molecule has 0 spiro atoms. The first-order chi connectivity index (χ1) is 8.46. The summed E-state index contributed by atoms with van der Waals surface area (Å²) in [4.78, 5) is 12.0. The smallest absolute Gasteiger partial charge is 0.326 e. The van der Waals surface area contributed by atoms with Crippen LogP contribution in [0.5, 0.6) is 0 Å². The van der Waals surface area contributed by atoms with Gasteiger partial charge in [-0.3, -0.25) is 10.1 Å². The molecule has 1 unspecified atom stereocenters. The molecule has 4 heteroatoms. The zero-order valence-electron chi connectivity index (χ0n) is 12.5. The molecule has 0 radical (unpaired) electrons. The molecule has 1 N–H and O–H groups in total. The maximum atomic E-state index is 12.0. The second kappa shape index (κ2) is 9.34. The van der Waals surface area contributed by atoms with E-state index >= 15 is 0 Å². The monoisotopic (exact) mass is 259 g/mol. The lowest BCUT2D eigenvalue weighted by molar-refractivity contribution is -0.151. The van der Waals surface area contributed by atoms with Gasteiger partial charge >= 0.3 is 5.97 Å². The van der Waals surface area contributed by atoms with Crippen LogP contribution in [-0.2, 0) is 14.3 Å². The third kappa shape index (κ3) is 6.97. The Morgan fingerprint density at radius 2 is 1.94 bits per heavy atom. The Morgan fingerprint density at radius 3 is 2.44 bits per heavy atom. The number of carbonyl (C=O) groups is 1. The highest BCUT2D eigenvalue weighted by molar-refractivity contribution is 5.80. The molecular weight excluding hydrogens is 230 g/mol. The van der Waals surface area contributed by atoms with Crippen molar-refractivity contribution in [2.24, 2.45) is 0 Å². The number of carbonyl (C=O) groups excluding carboxylic acids is 1. The minimum Gasteiger partial charge on any atom is -0.465 e. The fourth-order valence-corrected chi connectivity index (χ4v) is 1.79. The Morgan fingerprint density at radius 1 is 1.28 bits per heavy atom. The van der Waals surface area contributed by atoms with Gasteiger partial charge in [0.2, 0.25) is 0 Å². The Labute approximate surface area is 111 Å². The quantitative estimate of drug-likeness (QED) is 0.484. The van der Waals surface area contributed by atoms with Gasteiger partial charge in [0.15, 0.2) is 0 Å². The molecule has 18 heavy (non-hydrogen) atoms. The fourth-order valence-electron chi connectivity index (χ4n) is 1.79. The minimum absolute atomic E-state index is 0.196. The third-order valence-corrected chi connectivity index (χ3v) is 2.72. The van der Waals surface area contributed by atoms with Crippen molar-refractivity contribution in [1.29, 1.82) is 0 Å². The highest BCUT2D eigenvalue weighted by Gasteiger charge is 2.34. The van der Waals surface area contributed by atoms with E-state index in [1.54, 1.807) is 0 Å². The number of ether oxygens (including phenoxy) is 2. The Hall–Kier alpha value is -0.610. The zero-order chi connectivity index (χ0) is 14.0. The van der Waals surface area contributed by atoms with E-state index < -0.39 is 5.54 Å². The van der Waals surface area contributed by atoms with Crippen molar-refractivity contribution < 1.29 is 14.3 Å². The molecule has 0 aromatic rings. The van der Waals surface area contributed by atoms with Crippen LogP contribution in [0.4, 0.5) is 0 Å². The van der Waals surface area contributed by atoms with Gasteiger partial charge in [-0.05, 0) is 40.5 Å². The normalized spacial score (nSPS) is 14.6. The summed E-state index contributed by atoms with van der Waals surface area (Å²) in [5.41, 5.74) is -0.656. The average molecular weight is 259 g/mol. The topological polar surface area (TPSA) is 47.6 Å². The predicted molar refractivity (Wildman–Crippen MR) is 73.7 cm³/mol. The van der Waals surface area contributed by atoms with Crippen LogP contribution in [0.25, 0.3) is 0 Å². The molecule has 0 aliphatic heterocycles. The third-order valence-electron chi connectivity index (χ3n) is 2.72. The summed E-state index contributed by atoms with van der Waals surface area (Å²) in [6.07, 6.45) is 2.82. The van der Waals surface area contributed by atoms with Gasteiger partial charge in [-0.2, -0.15) is 0 Å². The lowest BCUT2D eigenvalue weighted by Gasteiger charge is -2.30. The predicted octanol–water partition coefficient (Wildman–Crippen LogP) is 2.51. The molecule has 0 amide bonds. The maximum absolute atomic E-state index is 12.0. The van der Waals surface area contributed by atoms with Gasteiger partial charge in [0.1, 0.15) is 5.54 Å². The molecule has 0 saturated heterocycles. The number of rotatable bonds is 10. The van der Waals surface area contributed by atoms with Crippen LogP contribution in [0.2, 0.25) is 0 Å². The van der Waals surface area contributed by atoms with Gasteiger partial charge in [0.05, 0.1) is 6.61 Å². The van der Waals surface area contributed by atoms with Crippen molar-refractivity contribution in [3.8, 4) is 0 Å². The molecule has 1 atom stereocenters. The number of nitrogens with one attached hydrogen (secondary N) is 1. The number of unbranched alkanes of at least 4 members (excludes halogenated alkanes) is 1. The summed E-state index contributed by atoms with van der Waals surface area (Å²) in [5, 5.41) is 3.28. The van der Waals surface area contributed by atoms with Crippen LogP contribution in [-0.4, -0.2) is 37.4 Å². The van der Waals surface area contributed by atoms with Crippen LogP contribution >= 0.6 is 0 Å². The van der Waals surface area contributed by atoms with Gasteiger partial charge in [-0.25, -0.2) is 0 Å². The van der Waals surface area contributed by atoms with E-state index in [0.29, 0.717) is 19.6 Å². The maximum Gasteiger partial charge on any atom is 0.326 e. The van der Waals surface area contributed by atoms with Gasteiger partial charge in [-0.1, -0.05) is 13.3 Å². The second-order valence-corrected chi connectivity index (χ2v) is 5.07. The molecule has 0 fully saturated rings. The summed E-state index contributed by atoms with van der Waals surface area (Å²) in [5.74, 6) is -0.196. The van der Waals surface area contributed by atoms with E-state index in [-0.39, 0.29) is 12.0 Å². The van der Waals surface area contributed by atoms with Crippen molar-refractivity contribution in [3.63, 3.8) is 0 Å². The Bertz CT molecular complexity index is 231. The van der Waals surface area contributed by atoms with Crippen LogP contribution in [0.15, 0.2) is 0 Å². The van der Waals surface area contributed by atoms with Crippen LogP contribution < -0.4 is 5.32 Å². The van der Waals surface area contributed by atoms with Crippen molar-refractivity contribution in [2.75, 3.05) is 19.8 Å². The van der Waals surface area contributed by atoms with Crippen molar-refractivity contribution in [3.05, 3.63) is 0 Å². The molecule has 0 saturated carbocycles. The SMILES string of the molecule is CCCCOCCC(C)(NC(C)C)C(=O)OCC. The van der Waals surface area contributed by atoms with Crippen LogP contribution in [0.1, 0.15) is 53.9 Å². The average Bonchev–Trinajstić information content (AvgIpc) is 2.28. The van der Waals surface area contributed by atoms with Crippen molar-refractivity contribution >= 4 is 5.97 Å². The summed E-state index contributed by atoms with van der Waals surface area (Å²) >= 11 is 0. The van der Waals surface area contributed by atoms with Gasteiger partial charge in [0, 0.05) is 19.3 Å². The lowest BCUT2D eigenvalue weighted by Crippen LogP contribution is -2.53. The highest BCUT2D eigenvalue weighted by Crippen LogP contribution is 2.14.